The molecule has 0 heterocycles. The number of aliphatic hydroxyl groups excluding tert-OH is 4. The van der Waals surface area contributed by atoms with E-state index in [1.807, 2.05) is 0 Å². The van der Waals surface area contributed by atoms with E-state index in [2.05, 4.69) is 43.5 Å². The first-order chi connectivity index (χ1) is 25.0. The molecular weight excluding hydrogens is 634 g/mol. The first kappa shape index (κ1) is 49.8. The molecule has 0 radical (unpaired) electrons. The zero-order valence-electron chi connectivity index (χ0n) is 33.9. The fourth-order valence-electron chi connectivity index (χ4n) is 6.85. The van der Waals surface area contributed by atoms with Crippen LogP contribution in [0.3, 0.4) is 0 Å². The van der Waals surface area contributed by atoms with Crippen LogP contribution in [0.25, 0.3) is 0 Å². The van der Waals surface area contributed by atoms with Gasteiger partial charge in [-0.05, 0) is 44.9 Å². The van der Waals surface area contributed by atoms with Crippen LogP contribution in [-0.2, 0) is 4.79 Å². The maximum absolute atomic E-state index is 12.5. The number of hydrogen-bond donors (Lipinski definition) is 5. The Labute approximate surface area is 316 Å². The summed E-state index contributed by atoms with van der Waals surface area (Å²) in [7, 11) is 0. The largest absolute Gasteiger partial charge is 0.394 e. The highest BCUT2D eigenvalue weighted by atomic mass is 16.3. The topological polar surface area (TPSA) is 110 Å². The van der Waals surface area contributed by atoms with Crippen LogP contribution < -0.4 is 5.32 Å². The van der Waals surface area contributed by atoms with Crippen LogP contribution in [0.4, 0.5) is 0 Å². The number of unbranched alkanes of at least 4 members (excludes halogenated alkanes) is 27. The number of rotatable bonds is 40. The Morgan fingerprint density at radius 1 is 0.490 bits per heavy atom. The average molecular weight is 722 g/mol. The lowest BCUT2D eigenvalue weighted by Crippen LogP contribution is -2.53. The molecule has 51 heavy (non-hydrogen) atoms. The van der Waals surface area contributed by atoms with E-state index >= 15 is 0 Å². The van der Waals surface area contributed by atoms with E-state index in [0.717, 1.165) is 57.8 Å². The zero-order valence-corrected chi connectivity index (χ0v) is 33.9. The van der Waals surface area contributed by atoms with E-state index < -0.39 is 36.9 Å². The van der Waals surface area contributed by atoms with Crippen molar-refractivity contribution in [3.8, 4) is 0 Å². The summed E-state index contributed by atoms with van der Waals surface area (Å²) in [4.78, 5) is 12.5. The number of amides is 1. The third kappa shape index (κ3) is 34.3. The lowest BCUT2D eigenvalue weighted by molar-refractivity contribution is -0.132. The fraction of sp³-hybridized carbons (Fsp3) is 0.889. The molecule has 0 aliphatic heterocycles. The first-order valence-corrected chi connectivity index (χ1v) is 22.2. The summed E-state index contributed by atoms with van der Waals surface area (Å²) in [6.07, 6.45) is 44.9. The van der Waals surface area contributed by atoms with Gasteiger partial charge >= 0.3 is 0 Å². The van der Waals surface area contributed by atoms with Gasteiger partial charge in [0, 0.05) is 0 Å². The predicted octanol–water partition coefficient (Wildman–Crippen LogP) is 11.6. The van der Waals surface area contributed by atoms with Crippen LogP contribution in [0, 0.1) is 0 Å². The van der Waals surface area contributed by atoms with Crippen molar-refractivity contribution in [1.82, 2.24) is 5.32 Å². The van der Waals surface area contributed by atoms with Gasteiger partial charge in [-0.3, -0.25) is 4.79 Å². The van der Waals surface area contributed by atoms with Crippen molar-refractivity contribution in [2.24, 2.45) is 0 Å². The molecule has 0 aromatic carbocycles. The van der Waals surface area contributed by atoms with Crippen molar-refractivity contribution in [3.63, 3.8) is 0 Å². The highest BCUT2D eigenvalue weighted by Crippen LogP contribution is 2.16. The predicted molar refractivity (Wildman–Crippen MR) is 219 cm³/mol. The van der Waals surface area contributed by atoms with Crippen molar-refractivity contribution < 1.29 is 25.2 Å². The van der Waals surface area contributed by atoms with Crippen LogP contribution in [0.2, 0.25) is 0 Å². The Kier molecular flexibility index (Phi) is 39.0. The standard InChI is InChI=1S/C45H87NO5/c1-3-5-7-9-11-13-15-17-18-19-20-21-22-23-24-25-27-29-31-33-35-37-39-43(49)45(51)46-41(40-47)44(50)42(48)38-36-34-32-30-28-26-16-14-12-10-8-6-4-2/h20-21,23-24,41-44,47-50H,3-19,22,25-40H2,1-2H3,(H,46,51)/b21-20-,24-23-. The molecule has 0 rings (SSSR count). The Bertz CT molecular complexity index is 772. The number of nitrogens with one attached hydrogen (secondary N) is 1. The van der Waals surface area contributed by atoms with Crippen LogP contribution in [0.1, 0.15) is 226 Å². The smallest absolute Gasteiger partial charge is 0.249 e. The Morgan fingerprint density at radius 3 is 1.24 bits per heavy atom. The second-order valence-electron chi connectivity index (χ2n) is 15.4. The molecule has 0 aliphatic carbocycles. The summed E-state index contributed by atoms with van der Waals surface area (Å²) in [5, 5.41) is 43.6. The minimum atomic E-state index is -1.26. The lowest BCUT2D eigenvalue weighted by Gasteiger charge is -2.27. The van der Waals surface area contributed by atoms with Gasteiger partial charge in [0.1, 0.15) is 12.2 Å². The maximum atomic E-state index is 12.5. The van der Waals surface area contributed by atoms with Gasteiger partial charge in [-0.25, -0.2) is 0 Å². The highest BCUT2D eigenvalue weighted by molar-refractivity contribution is 5.80. The van der Waals surface area contributed by atoms with Crippen molar-refractivity contribution in [3.05, 3.63) is 24.3 Å². The quantitative estimate of drug-likeness (QED) is 0.0320. The van der Waals surface area contributed by atoms with Crippen molar-refractivity contribution in [2.45, 2.75) is 250 Å². The average Bonchev–Trinajstić information content (AvgIpc) is 3.13. The molecule has 0 saturated heterocycles. The molecule has 4 atom stereocenters. The summed E-state index contributed by atoms with van der Waals surface area (Å²) in [5.41, 5.74) is 0. The highest BCUT2D eigenvalue weighted by Gasteiger charge is 2.28. The van der Waals surface area contributed by atoms with Crippen LogP contribution in [0.15, 0.2) is 24.3 Å². The molecule has 0 aliphatic rings. The summed E-state index contributed by atoms with van der Waals surface area (Å²) in [6, 6.07) is -0.987. The molecule has 0 bridgehead atoms. The minimum Gasteiger partial charge on any atom is -0.394 e. The molecular formula is C45H87NO5. The SMILES string of the molecule is CCCCCCCCCCC/C=C\C/C=C\CCCCCCCCC(O)C(=O)NC(CO)C(O)C(O)CCCCCCCCCCCCCCC. The van der Waals surface area contributed by atoms with Crippen molar-refractivity contribution >= 4 is 5.91 Å². The minimum absolute atomic E-state index is 0.358. The van der Waals surface area contributed by atoms with Crippen molar-refractivity contribution in [2.75, 3.05) is 6.61 Å². The van der Waals surface area contributed by atoms with E-state index in [1.165, 1.54) is 141 Å². The van der Waals surface area contributed by atoms with Gasteiger partial charge in [0.15, 0.2) is 0 Å². The normalized spacial score (nSPS) is 14.4. The van der Waals surface area contributed by atoms with Gasteiger partial charge in [-0.1, -0.05) is 205 Å². The molecule has 4 unspecified atom stereocenters. The first-order valence-electron chi connectivity index (χ1n) is 22.2. The number of carbonyl (C=O) groups excluding carboxylic acids is 1. The van der Waals surface area contributed by atoms with E-state index in [1.54, 1.807) is 0 Å². The molecule has 0 fully saturated rings. The lowest BCUT2D eigenvalue weighted by atomic mass is 9.99. The molecule has 0 aromatic rings. The number of allylic oxidation sites excluding steroid dienone is 4. The molecule has 0 spiro atoms. The van der Waals surface area contributed by atoms with Gasteiger partial charge in [-0.15, -0.1) is 0 Å². The summed E-state index contributed by atoms with van der Waals surface area (Å²) >= 11 is 0. The van der Waals surface area contributed by atoms with E-state index in [0.29, 0.717) is 12.8 Å². The Hall–Kier alpha value is -1.21. The summed E-state index contributed by atoms with van der Waals surface area (Å²) in [5.74, 6) is -0.591. The van der Waals surface area contributed by atoms with Crippen LogP contribution in [0.5, 0.6) is 0 Å². The third-order valence-electron chi connectivity index (χ3n) is 10.4. The molecule has 5 N–H and O–H groups in total. The van der Waals surface area contributed by atoms with Crippen molar-refractivity contribution in [1.29, 1.82) is 0 Å². The molecule has 6 nitrogen and oxygen atoms in total. The second kappa shape index (κ2) is 40.0. The maximum Gasteiger partial charge on any atom is 0.249 e. The van der Waals surface area contributed by atoms with E-state index in [9.17, 15) is 25.2 Å². The number of aliphatic hydroxyl groups is 4. The summed E-state index contributed by atoms with van der Waals surface area (Å²) in [6.45, 7) is 4.04. The van der Waals surface area contributed by atoms with Crippen LogP contribution >= 0.6 is 0 Å². The van der Waals surface area contributed by atoms with Gasteiger partial charge in [0.25, 0.3) is 0 Å². The monoisotopic (exact) mass is 722 g/mol. The molecule has 6 heteroatoms. The number of hydrogen-bond acceptors (Lipinski definition) is 5. The summed E-state index contributed by atoms with van der Waals surface area (Å²) < 4.78 is 0. The second-order valence-corrected chi connectivity index (χ2v) is 15.4. The third-order valence-corrected chi connectivity index (χ3v) is 10.4. The van der Waals surface area contributed by atoms with Gasteiger partial charge in [-0.2, -0.15) is 0 Å². The Balaban J connectivity index is 3.74. The Morgan fingerprint density at radius 2 is 0.843 bits per heavy atom. The molecule has 1 amide bonds. The van der Waals surface area contributed by atoms with E-state index in [4.69, 9.17) is 0 Å². The van der Waals surface area contributed by atoms with Crippen LogP contribution in [-0.4, -0.2) is 57.3 Å². The fourth-order valence-corrected chi connectivity index (χ4v) is 6.85. The van der Waals surface area contributed by atoms with Gasteiger partial charge in [0.2, 0.25) is 5.91 Å². The van der Waals surface area contributed by atoms with E-state index in [-0.39, 0.29) is 0 Å². The van der Waals surface area contributed by atoms with Gasteiger partial charge < -0.3 is 25.7 Å². The number of carbonyl (C=O) groups is 1. The zero-order chi connectivity index (χ0) is 37.5. The molecule has 0 saturated carbocycles. The molecule has 0 aromatic heterocycles. The van der Waals surface area contributed by atoms with Gasteiger partial charge in [0.05, 0.1) is 18.8 Å². The molecule has 302 valence electrons.